The molecule has 0 aromatic carbocycles. The van der Waals surface area contributed by atoms with E-state index in [1.165, 1.54) is 0 Å². The minimum absolute atomic E-state index is 0.0151. The minimum atomic E-state index is -4.03. The van der Waals surface area contributed by atoms with Crippen LogP contribution in [0, 0.1) is 5.92 Å². The van der Waals surface area contributed by atoms with E-state index in [9.17, 15) is 13.2 Å². The van der Waals surface area contributed by atoms with Gasteiger partial charge in [0, 0.05) is 24.5 Å². The zero-order valence-corrected chi connectivity index (χ0v) is 9.56. The molecule has 1 heterocycles. The fourth-order valence-electron chi connectivity index (χ4n) is 2.40. The summed E-state index contributed by atoms with van der Waals surface area (Å²) in [4.78, 5) is 3.03. The second-order valence-electron chi connectivity index (χ2n) is 4.68. The molecule has 1 aromatic heterocycles. The maximum absolute atomic E-state index is 12.6. The van der Waals surface area contributed by atoms with Crippen molar-refractivity contribution in [2.24, 2.45) is 5.92 Å². The minimum Gasteiger partial charge on any atom is -0.364 e. The molecule has 0 spiro atoms. The highest BCUT2D eigenvalue weighted by Crippen LogP contribution is 2.37. The predicted molar refractivity (Wildman–Crippen MR) is 59.4 cm³/mol. The largest absolute Gasteiger partial charge is 0.391 e. The second kappa shape index (κ2) is 5.12. The monoisotopic (exact) mass is 246 g/mol. The molecule has 96 valence electrons. The number of H-pyrrole nitrogens is 1. The molecule has 2 unspecified atom stereocenters. The molecule has 1 aromatic rings. The highest BCUT2D eigenvalue weighted by molar-refractivity contribution is 5.03. The van der Waals surface area contributed by atoms with Crippen LogP contribution in [0.3, 0.4) is 0 Å². The van der Waals surface area contributed by atoms with Crippen LogP contribution in [-0.2, 0) is 6.54 Å². The number of halogens is 3. The molecule has 2 N–H and O–H groups in total. The Hall–Kier alpha value is -0.970. The Bertz CT molecular complexity index is 332. The summed E-state index contributed by atoms with van der Waals surface area (Å²) in [5.74, 6) is -1.13. The molecule has 1 fully saturated rings. The van der Waals surface area contributed by atoms with Gasteiger partial charge >= 0.3 is 6.18 Å². The van der Waals surface area contributed by atoms with E-state index in [1.807, 2.05) is 18.3 Å². The van der Waals surface area contributed by atoms with Crippen molar-refractivity contribution >= 4 is 0 Å². The number of rotatable bonds is 3. The Morgan fingerprint density at radius 2 is 2.18 bits per heavy atom. The number of alkyl halides is 3. The third-order valence-electron chi connectivity index (χ3n) is 3.38. The third kappa shape index (κ3) is 3.49. The van der Waals surface area contributed by atoms with Crippen molar-refractivity contribution < 1.29 is 13.2 Å². The van der Waals surface area contributed by atoms with Gasteiger partial charge in [0.25, 0.3) is 0 Å². The van der Waals surface area contributed by atoms with Gasteiger partial charge in [0.05, 0.1) is 5.92 Å². The summed E-state index contributed by atoms with van der Waals surface area (Å²) >= 11 is 0. The Morgan fingerprint density at radius 3 is 2.82 bits per heavy atom. The highest BCUT2D eigenvalue weighted by atomic mass is 19.4. The first-order chi connectivity index (χ1) is 8.05. The quantitative estimate of drug-likeness (QED) is 0.842. The lowest BCUT2D eigenvalue weighted by atomic mass is 9.85. The maximum Gasteiger partial charge on any atom is 0.391 e. The summed E-state index contributed by atoms with van der Waals surface area (Å²) in [6, 6.07) is 3.80. The summed E-state index contributed by atoms with van der Waals surface area (Å²) in [5.41, 5.74) is 1.01. The van der Waals surface area contributed by atoms with Crippen molar-refractivity contribution in [1.29, 1.82) is 0 Å². The molecule has 2 nitrogen and oxygen atoms in total. The van der Waals surface area contributed by atoms with E-state index in [1.54, 1.807) is 0 Å². The van der Waals surface area contributed by atoms with Crippen LogP contribution in [0.25, 0.3) is 0 Å². The lowest BCUT2D eigenvalue weighted by Crippen LogP contribution is -2.38. The summed E-state index contributed by atoms with van der Waals surface area (Å²) in [7, 11) is 0. The molecule has 0 aliphatic heterocycles. The molecule has 1 saturated carbocycles. The van der Waals surface area contributed by atoms with Crippen LogP contribution in [0.1, 0.15) is 31.4 Å². The molecule has 0 amide bonds. The number of hydrogen-bond donors (Lipinski definition) is 2. The van der Waals surface area contributed by atoms with Crippen LogP contribution >= 0.6 is 0 Å². The predicted octanol–water partition coefficient (Wildman–Crippen LogP) is 3.23. The van der Waals surface area contributed by atoms with Crippen LogP contribution in [0.4, 0.5) is 13.2 Å². The maximum atomic E-state index is 12.6. The zero-order valence-electron chi connectivity index (χ0n) is 9.56. The molecule has 1 aliphatic carbocycles. The molecular formula is C12H17F3N2. The fraction of sp³-hybridized carbons (Fsp3) is 0.667. The van der Waals surface area contributed by atoms with Crippen molar-refractivity contribution in [2.45, 2.75) is 44.4 Å². The van der Waals surface area contributed by atoms with Crippen LogP contribution < -0.4 is 5.32 Å². The van der Waals surface area contributed by atoms with Crippen molar-refractivity contribution in [1.82, 2.24) is 10.3 Å². The normalized spacial score (nSPS) is 26.1. The molecule has 2 atom stereocenters. The van der Waals surface area contributed by atoms with Crippen LogP contribution in [-0.4, -0.2) is 17.2 Å². The van der Waals surface area contributed by atoms with Crippen LogP contribution in [0.2, 0.25) is 0 Å². The first-order valence-electron chi connectivity index (χ1n) is 5.98. The summed E-state index contributed by atoms with van der Waals surface area (Å²) in [6.45, 7) is 0.613. The average Bonchev–Trinajstić information content (AvgIpc) is 2.78. The Balaban J connectivity index is 1.81. The first-order valence-corrected chi connectivity index (χ1v) is 5.98. The fourth-order valence-corrected chi connectivity index (χ4v) is 2.40. The van der Waals surface area contributed by atoms with Gasteiger partial charge in [-0.05, 0) is 31.4 Å². The van der Waals surface area contributed by atoms with Gasteiger partial charge in [-0.15, -0.1) is 0 Å². The summed E-state index contributed by atoms with van der Waals surface area (Å²) in [6.07, 6.45) is -0.225. The van der Waals surface area contributed by atoms with Gasteiger partial charge in [0.2, 0.25) is 0 Å². The summed E-state index contributed by atoms with van der Waals surface area (Å²) in [5, 5.41) is 3.19. The lowest BCUT2D eigenvalue weighted by molar-refractivity contribution is -0.183. The van der Waals surface area contributed by atoms with E-state index in [0.717, 1.165) is 12.1 Å². The molecule has 5 heteroatoms. The van der Waals surface area contributed by atoms with Gasteiger partial charge in [-0.1, -0.05) is 6.42 Å². The molecule has 0 bridgehead atoms. The molecule has 0 radical (unpaired) electrons. The van der Waals surface area contributed by atoms with E-state index in [4.69, 9.17) is 0 Å². The summed E-state index contributed by atoms with van der Waals surface area (Å²) < 4.78 is 37.8. The first kappa shape index (κ1) is 12.5. The van der Waals surface area contributed by atoms with Crippen molar-refractivity contribution in [3.05, 3.63) is 24.0 Å². The van der Waals surface area contributed by atoms with Crippen LogP contribution in [0.5, 0.6) is 0 Å². The lowest BCUT2D eigenvalue weighted by Gasteiger charge is -2.31. The molecule has 1 aliphatic rings. The van der Waals surface area contributed by atoms with Gasteiger partial charge in [-0.3, -0.25) is 0 Å². The van der Waals surface area contributed by atoms with Crippen LogP contribution in [0.15, 0.2) is 18.3 Å². The van der Waals surface area contributed by atoms with E-state index < -0.39 is 12.1 Å². The van der Waals surface area contributed by atoms with Crippen molar-refractivity contribution in [3.8, 4) is 0 Å². The van der Waals surface area contributed by atoms with Gasteiger partial charge in [-0.2, -0.15) is 13.2 Å². The molecular weight excluding hydrogens is 229 g/mol. The van der Waals surface area contributed by atoms with Gasteiger partial charge in [0.15, 0.2) is 0 Å². The zero-order chi connectivity index (χ0) is 12.3. The topological polar surface area (TPSA) is 27.8 Å². The Labute approximate surface area is 98.6 Å². The number of nitrogens with one attached hydrogen (secondary N) is 2. The van der Waals surface area contributed by atoms with E-state index >= 15 is 0 Å². The van der Waals surface area contributed by atoms with E-state index in [-0.39, 0.29) is 18.9 Å². The Morgan fingerprint density at radius 1 is 1.35 bits per heavy atom. The SMILES string of the molecule is FC(F)(F)C1CCCC(NCc2ccc[nH]2)C1. The third-order valence-corrected chi connectivity index (χ3v) is 3.38. The van der Waals surface area contributed by atoms with Gasteiger partial charge < -0.3 is 10.3 Å². The van der Waals surface area contributed by atoms with Crippen molar-refractivity contribution in [2.75, 3.05) is 0 Å². The van der Waals surface area contributed by atoms with Gasteiger partial charge in [-0.25, -0.2) is 0 Å². The standard InChI is InChI=1S/C12H17F3N2/c13-12(14,15)9-3-1-4-10(7-9)17-8-11-5-2-6-16-11/h2,5-6,9-10,16-17H,1,3-4,7-8H2. The molecule has 0 saturated heterocycles. The average molecular weight is 246 g/mol. The second-order valence-corrected chi connectivity index (χ2v) is 4.68. The molecule has 17 heavy (non-hydrogen) atoms. The molecule has 2 rings (SSSR count). The highest BCUT2D eigenvalue weighted by Gasteiger charge is 2.41. The van der Waals surface area contributed by atoms with E-state index in [2.05, 4.69) is 10.3 Å². The van der Waals surface area contributed by atoms with Crippen molar-refractivity contribution in [3.63, 3.8) is 0 Å². The van der Waals surface area contributed by atoms with E-state index in [0.29, 0.717) is 13.0 Å². The number of aromatic nitrogens is 1. The number of aromatic amines is 1. The number of hydrogen-bond acceptors (Lipinski definition) is 1. The Kier molecular flexibility index (Phi) is 3.76. The van der Waals surface area contributed by atoms with Gasteiger partial charge in [0.1, 0.15) is 0 Å². The smallest absolute Gasteiger partial charge is 0.364 e.